The predicted octanol–water partition coefficient (Wildman–Crippen LogP) is 9.73. The Kier molecular flexibility index (Phi) is 18.8. The number of ether oxygens (including phenoxy) is 4. The van der Waals surface area contributed by atoms with Crippen LogP contribution in [0.1, 0.15) is 125 Å². The zero-order valence-electron chi connectivity index (χ0n) is 39.1. The summed E-state index contributed by atoms with van der Waals surface area (Å²) < 4.78 is 24.8. The number of hydrogen-bond acceptors (Lipinski definition) is 8. The summed E-state index contributed by atoms with van der Waals surface area (Å²) >= 11 is 0. The normalized spacial score (nSPS) is 17.2. The maximum absolute atomic E-state index is 6.20. The Bertz CT molecular complexity index is 1900. The minimum atomic E-state index is 0.542. The van der Waals surface area contributed by atoms with Gasteiger partial charge in [0.1, 0.15) is 23.0 Å². The summed E-state index contributed by atoms with van der Waals surface area (Å²) in [7, 11) is 0. The Morgan fingerprint density at radius 2 is 0.621 bits per heavy atom. The van der Waals surface area contributed by atoms with E-state index in [0.717, 1.165) is 144 Å². The number of aliphatic imine (C=N–C) groups is 4. The van der Waals surface area contributed by atoms with Gasteiger partial charge in [-0.3, -0.25) is 20.0 Å². The fourth-order valence-corrected chi connectivity index (χ4v) is 7.45. The lowest BCUT2D eigenvalue weighted by atomic mass is 10.1. The van der Waals surface area contributed by atoms with Gasteiger partial charge < -0.3 is 41.9 Å². The van der Waals surface area contributed by atoms with Crippen LogP contribution in [0.25, 0.3) is 24.3 Å². The highest BCUT2D eigenvalue weighted by Crippen LogP contribution is 2.34. The minimum Gasteiger partial charge on any atom is -0.493 e. The van der Waals surface area contributed by atoms with E-state index in [4.69, 9.17) is 41.9 Å². The molecule has 0 radical (unpaired) electrons. The molecule has 12 nitrogen and oxygen atoms in total. The highest BCUT2D eigenvalue weighted by atomic mass is 16.5. The van der Waals surface area contributed by atoms with E-state index in [9.17, 15) is 0 Å². The van der Waals surface area contributed by atoms with Gasteiger partial charge in [0.25, 0.3) is 0 Å². The summed E-state index contributed by atoms with van der Waals surface area (Å²) in [6, 6.07) is 20.6. The third-order valence-electron chi connectivity index (χ3n) is 12.0. The van der Waals surface area contributed by atoms with Gasteiger partial charge in [-0.1, -0.05) is 48.6 Å². The van der Waals surface area contributed by atoms with E-state index in [1.54, 1.807) is 0 Å². The number of benzene rings is 3. The summed E-state index contributed by atoms with van der Waals surface area (Å²) in [5, 5.41) is 0. The van der Waals surface area contributed by atoms with Crippen LogP contribution in [0.3, 0.4) is 0 Å². The van der Waals surface area contributed by atoms with E-state index in [0.29, 0.717) is 52.6 Å². The van der Waals surface area contributed by atoms with Crippen LogP contribution in [0.15, 0.2) is 80.6 Å². The molecule has 4 aliphatic carbocycles. The molecule has 0 spiro atoms. The molecule has 4 aliphatic rings. The van der Waals surface area contributed by atoms with Gasteiger partial charge in [-0.25, -0.2) is 0 Å². The van der Waals surface area contributed by atoms with Crippen molar-refractivity contribution in [2.24, 2.45) is 66.6 Å². The second-order valence-corrected chi connectivity index (χ2v) is 18.7. The molecule has 7 rings (SSSR count). The zero-order chi connectivity index (χ0) is 45.8. The van der Waals surface area contributed by atoms with Crippen molar-refractivity contribution in [2.45, 2.75) is 103 Å². The van der Waals surface area contributed by atoms with Gasteiger partial charge in [0.15, 0.2) is 0 Å². The summed E-state index contributed by atoms with van der Waals surface area (Å²) in [4.78, 5) is 18.2. The summed E-state index contributed by atoms with van der Waals surface area (Å²) in [6.07, 6.45) is 25.4. The highest BCUT2D eigenvalue weighted by Gasteiger charge is 2.24. The molecule has 354 valence electrons. The van der Waals surface area contributed by atoms with E-state index in [1.165, 1.54) is 51.4 Å². The maximum atomic E-state index is 6.20. The average Bonchev–Trinajstić information content (AvgIpc) is 4.06. The number of nitrogens with two attached hydrogens (primary N) is 4. The third kappa shape index (κ3) is 19.8. The average molecular weight is 899 g/mol. The summed E-state index contributed by atoms with van der Waals surface area (Å²) in [6.45, 7) is 4.81. The van der Waals surface area contributed by atoms with Crippen molar-refractivity contribution >= 4 is 47.6 Å². The van der Waals surface area contributed by atoms with E-state index < -0.39 is 0 Å². The van der Waals surface area contributed by atoms with E-state index in [2.05, 4.69) is 68.5 Å². The lowest BCUT2D eigenvalue weighted by molar-refractivity contribution is 0.297. The second kappa shape index (κ2) is 25.8. The summed E-state index contributed by atoms with van der Waals surface area (Å²) in [5.41, 5.74) is 28.6. The third-order valence-corrected chi connectivity index (χ3v) is 12.0. The first-order valence-electron chi connectivity index (χ1n) is 24.7. The fourth-order valence-electron chi connectivity index (χ4n) is 7.45. The molecule has 3 aromatic rings. The Labute approximate surface area is 393 Å². The first-order chi connectivity index (χ1) is 32.3. The van der Waals surface area contributed by atoms with E-state index in [1.807, 2.05) is 36.4 Å². The molecule has 0 aliphatic heterocycles. The van der Waals surface area contributed by atoms with Crippen LogP contribution in [-0.2, 0) is 0 Å². The SMILES string of the molecule is NC(CC1CC1)=NCCCOc1cc(/C=C/c2ccc(/C=C/c3cc(OCCCN=C(N)CC4CC4)cc(OCCCN=C(N)CC4CC4)c3)cc2)cc(OCCCN=C(N)CC2CC2)c1. The Balaban J connectivity index is 0.940. The van der Waals surface area contributed by atoms with Gasteiger partial charge in [-0.15, -0.1) is 0 Å². The van der Waals surface area contributed by atoms with Crippen LogP contribution in [0.5, 0.6) is 23.0 Å². The van der Waals surface area contributed by atoms with Crippen molar-refractivity contribution in [3.8, 4) is 23.0 Å². The predicted molar refractivity (Wildman–Crippen MR) is 273 cm³/mol. The molecule has 0 amide bonds. The van der Waals surface area contributed by atoms with Crippen LogP contribution in [-0.4, -0.2) is 75.9 Å². The van der Waals surface area contributed by atoms with Crippen LogP contribution >= 0.6 is 0 Å². The molecule has 0 heterocycles. The molecule has 4 saturated carbocycles. The number of rotatable bonds is 32. The molecule has 3 aromatic carbocycles. The topological polar surface area (TPSA) is 190 Å². The molecule has 4 fully saturated rings. The van der Waals surface area contributed by atoms with Gasteiger partial charge >= 0.3 is 0 Å². The van der Waals surface area contributed by atoms with Crippen molar-refractivity contribution in [2.75, 3.05) is 52.6 Å². The van der Waals surface area contributed by atoms with Crippen LogP contribution in [0.2, 0.25) is 0 Å². The van der Waals surface area contributed by atoms with Gasteiger partial charge in [-0.05, 0) is 122 Å². The van der Waals surface area contributed by atoms with E-state index in [-0.39, 0.29) is 0 Å². The first kappa shape index (κ1) is 48.2. The van der Waals surface area contributed by atoms with Crippen molar-refractivity contribution in [1.82, 2.24) is 0 Å². The number of hydrogen-bond donors (Lipinski definition) is 4. The van der Waals surface area contributed by atoms with Crippen molar-refractivity contribution in [1.29, 1.82) is 0 Å². The van der Waals surface area contributed by atoms with Crippen LogP contribution in [0.4, 0.5) is 0 Å². The molecule has 66 heavy (non-hydrogen) atoms. The molecule has 12 heteroatoms. The molecule has 0 unspecified atom stereocenters. The number of nitrogens with zero attached hydrogens (tertiary/aromatic N) is 4. The smallest absolute Gasteiger partial charge is 0.123 e. The quantitative estimate of drug-likeness (QED) is 0.0206. The maximum Gasteiger partial charge on any atom is 0.123 e. The first-order valence-corrected chi connectivity index (χ1v) is 24.7. The molecule has 0 atom stereocenters. The Hall–Kier alpha value is -5.78. The molecule has 8 N–H and O–H groups in total. The molecule has 0 aromatic heterocycles. The lowest BCUT2D eigenvalue weighted by Crippen LogP contribution is -2.13. The van der Waals surface area contributed by atoms with Gasteiger partial charge in [-0.2, -0.15) is 0 Å². The van der Waals surface area contributed by atoms with Gasteiger partial charge in [0.2, 0.25) is 0 Å². The van der Waals surface area contributed by atoms with Crippen molar-refractivity contribution in [3.63, 3.8) is 0 Å². The molecule has 0 saturated heterocycles. The number of amidine groups is 4. The standard InChI is InChI=1S/C54H74N8O4/c55-51(33-41-11-12-41)59-21-1-25-63-47-29-45(30-48(37-47)64-26-2-22-60-52(56)34-42-13-14-42)19-9-39-5-7-40(8-6-39)10-20-46-31-49(65-27-3-23-61-53(57)35-43-15-16-43)38-50(32-46)66-28-4-24-62-54(58)36-44-17-18-44/h5-10,19-20,29-32,37-38,41-44H,1-4,11-18,21-28,33-36H2,(H2,55,59)(H2,56,60)(H2,57,61)(H2,58,62)/b19-9+,20-10+. The van der Waals surface area contributed by atoms with Crippen molar-refractivity contribution in [3.05, 3.63) is 82.9 Å². The summed E-state index contributed by atoms with van der Waals surface area (Å²) in [5.74, 6) is 9.01. The Morgan fingerprint density at radius 1 is 0.379 bits per heavy atom. The molecular weight excluding hydrogens is 825 g/mol. The zero-order valence-corrected chi connectivity index (χ0v) is 39.1. The van der Waals surface area contributed by atoms with Crippen LogP contribution < -0.4 is 41.9 Å². The highest BCUT2D eigenvalue weighted by molar-refractivity contribution is 5.82. The lowest BCUT2D eigenvalue weighted by Gasteiger charge is -2.11. The second-order valence-electron chi connectivity index (χ2n) is 18.7. The fraction of sp³-hybridized carbons (Fsp3) is 0.519. The molecular formula is C54H74N8O4. The monoisotopic (exact) mass is 899 g/mol. The van der Waals surface area contributed by atoms with Gasteiger partial charge in [0, 0.05) is 89.7 Å². The molecule has 0 bridgehead atoms. The van der Waals surface area contributed by atoms with Gasteiger partial charge in [0.05, 0.1) is 49.8 Å². The Morgan fingerprint density at radius 3 is 0.864 bits per heavy atom. The largest absolute Gasteiger partial charge is 0.493 e. The van der Waals surface area contributed by atoms with Crippen molar-refractivity contribution < 1.29 is 18.9 Å². The van der Waals surface area contributed by atoms with Crippen LogP contribution in [0, 0.1) is 23.7 Å². The van der Waals surface area contributed by atoms with E-state index >= 15 is 0 Å². The minimum absolute atomic E-state index is 0.542.